The second-order valence-electron chi connectivity index (χ2n) is 6.09. The zero-order valence-corrected chi connectivity index (χ0v) is 13.0. The highest BCUT2D eigenvalue weighted by molar-refractivity contribution is 5.91. The van der Waals surface area contributed by atoms with Crippen LogP contribution in [0.2, 0.25) is 0 Å². The summed E-state index contributed by atoms with van der Waals surface area (Å²) in [6, 6.07) is 4.05. The quantitative estimate of drug-likeness (QED) is 0.856. The number of rotatable bonds is 2. The molecular formula is C15H21N3O4. The van der Waals surface area contributed by atoms with Crippen molar-refractivity contribution in [1.29, 1.82) is 0 Å². The van der Waals surface area contributed by atoms with E-state index in [0.29, 0.717) is 30.2 Å². The van der Waals surface area contributed by atoms with Crippen molar-refractivity contribution < 1.29 is 19.1 Å². The molecule has 0 saturated heterocycles. The first-order valence-corrected chi connectivity index (χ1v) is 7.01. The summed E-state index contributed by atoms with van der Waals surface area (Å²) in [6.07, 6.45) is -0.441. The molecule has 1 aromatic carbocycles. The molecule has 1 aromatic rings. The fourth-order valence-corrected chi connectivity index (χ4v) is 2.10. The lowest BCUT2D eigenvalue weighted by Gasteiger charge is -2.32. The molecule has 1 heterocycles. The first-order valence-electron chi connectivity index (χ1n) is 7.01. The molecule has 7 heteroatoms. The number of nitrogens with two attached hydrogens (primary N) is 2. The summed E-state index contributed by atoms with van der Waals surface area (Å²) < 4.78 is 10.9. The lowest BCUT2D eigenvalue weighted by molar-refractivity contribution is -0.119. The summed E-state index contributed by atoms with van der Waals surface area (Å²) >= 11 is 0. The Bertz CT molecular complexity index is 595. The van der Waals surface area contributed by atoms with Crippen LogP contribution in [0.15, 0.2) is 18.2 Å². The monoisotopic (exact) mass is 307 g/mol. The van der Waals surface area contributed by atoms with Gasteiger partial charge in [-0.3, -0.25) is 9.69 Å². The van der Waals surface area contributed by atoms with Gasteiger partial charge in [0.2, 0.25) is 5.91 Å². The number of nitrogens with zero attached hydrogens (tertiary/aromatic N) is 1. The maximum atomic E-state index is 12.3. The van der Waals surface area contributed by atoms with Gasteiger partial charge in [0.05, 0.1) is 12.2 Å². The SMILES string of the molecule is CC(C)(C)OC(=O)N1CCOc2cc(C(N)C(N)=O)ccc21. The molecule has 1 aliphatic rings. The molecule has 0 aliphatic carbocycles. The Hall–Kier alpha value is -2.28. The largest absolute Gasteiger partial charge is 0.490 e. The normalized spacial score (nSPS) is 15.5. The molecule has 0 spiro atoms. The van der Waals surface area contributed by atoms with Crippen LogP contribution in [-0.2, 0) is 9.53 Å². The van der Waals surface area contributed by atoms with E-state index in [0.717, 1.165) is 0 Å². The third kappa shape index (κ3) is 3.48. The van der Waals surface area contributed by atoms with Gasteiger partial charge in [-0.2, -0.15) is 0 Å². The summed E-state index contributed by atoms with van der Waals surface area (Å²) in [5.41, 5.74) is 11.5. The average molecular weight is 307 g/mol. The molecule has 0 saturated carbocycles. The smallest absolute Gasteiger partial charge is 0.415 e. The van der Waals surface area contributed by atoms with E-state index >= 15 is 0 Å². The van der Waals surface area contributed by atoms with Gasteiger partial charge in [-0.05, 0) is 38.5 Å². The number of carbonyl (C=O) groups is 2. The summed E-state index contributed by atoms with van der Waals surface area (Å²) in [5, 5.41) is 0. The standard InChI is InChI=1S/C15H21N3O4/c1-15(2,3)22-14(20)18-6-7-21-11-8-9(4-5-10(11)18)12(16)13(17)19/h4-5,8,12H,6-7,16H2,1-3H3,(H2,17,19). The van der Waals surface area contributed by atoms with Gasteiger partial charge < -0.3 is 20.9 Å². The fraction of sp³-hybridized carbons (Fsp3) is 0.467. The Kier molecular flexibility index (Phi) is 4.27. The highest BCUT2D eigenvalue weighted by Gasteiger charge is 2.29. The van der Waals surface area contributed by atoms with Crippen molar-refractivity contribution in [1.82, 2.24) is 0 Å². The number of benzene rings is 1. The molecule has 0 radical (unpaired) electrons. The molecule has 120 valence electrons. The van der Waals surface area contributed by atoms with Crippen LogP contribution < -0.4 is 21.1 Å². The molecular weight excluding hydrogens is 286 g/mol. The summed E-state index contributed by atoms with van der Waals surface area (Å²) in [6.45, 7) is 6.15. The predicted octanol–water partition coefficient (Wildman–Crippen LogP) is 1.31. The Balaban J connectivity index is 2.28. The highest BCUT2D eigenvalue weighted by Crippen LogP contribution is 2.34. The molecule has 1 unspecified atom stereocenters. The Labute approximate surface area is 129 Å². The maximum Gasteiger partial charge on any atom is 0.415 e. The summed E-state index contributed by atoms with van der Waals surface area (Å²) in [5.74, 6) is -0.147. The molecule has 1 atom stereocenters. The predicted molar refractivity (Wildman–Crippen MR) is 81.6 cm³/mol. The van der Waals surface area contributed by atoms with E-state index in [2.05, 4.69) is 0 Å². The van der Waals surface area contributed by atoms with Crippen LogP contribution in [0.5, 0.6) is 5.75 Å². The zero-order valence-electron chi connectivity index (χ0n) is 13.0. The Morgan fingerprint density at radius 1 is 1.36 bits per heavy atom. The lowest BCUT2D eigenvalue weighted by atomic mass is 10.1. The minimum absolute atomic E-state index is 0.335. The number of anilines is 1. The van der Waals surface area contributed by atoms with Gasteiger partial charge in [0, 0.05) is 0 Å². The zero-order chi connectivity index (χ0) is 16.5. The highest BCUT2D eigenvalue weighted by atomic mass is 16.6. The molecule has 0 aromatic heterocycles. The van der Waals surface area contributed by atoms with E-state index in [4.69, 9.17) is 20.9 Å². The van der Waals surface area contributed by atoms with Crippen LogP contribution in [0.1, 0.15) is 32.4 Å². The Morgan fingerprint density at radius 2 is 2.05 bits per heavy atom. The number of carbonyl (C=O) groups excluding carboxylic acids is 2. The van der Waals surface area contributed by atoms with Gasteiger partial charge >= 0.3 is 6.09 Å². The molecule has 7 nitrogen and oxygen atoms in total. The summed E-state index contributed by atoms with van der Waals surface area (Å²) in [4.78, 5) is 24.9. The van der Waals surface area contributed by atoms with Crippen LogP contribution in [0, 0.1) is 0 Å². The van der Waals surface area contributed by atoms with Gasteiger partial charge in [0.1, 0.15) is 24.0 Å². The van der Waals surface area contributed by atoms with Gasteiger partial charge in [-0.25, -0.2) is 4.79 Å². The number of ether oxygens (including phenoxy) is 2. The maximum absolute atomic E-state index is 12.3. The number of hydrogen-bond donors (Lipinski definition) is 2. The van der Waals surface area contributed by atoms with Crippen molar-refractivity contribution in [2.24, 2.45) is 11.5 Å². The topological polar surface area (TPSA) is 108 Å². The van der Waals surface area contributed by atoms with E-state index in [-0.39, 0.29) is 0 Å². The van der Waals surface area contributed by atoms with Crippen LogP contribution >= 0.6 is 0 Å². The third-order valence-electron chi connectivity index (χ3n) is 3.13. The van der Waals surface area contributed by atoms with E-state index in [9.17, 15) is 9.59 Å². The molecule has 2 rings (SSSR count). The van der Waals surface area contributed by atoms with Gasteiger partial charge in [-0.15, -0.1) is 0 Å². The minimum atomic E-state index is -0.911. The minimum Gasteiger partial charge on any atom is -0.490 e. The molecule has 0 fully saturated rings. The van der Waals surface area contributed by atoms with Crippen LogP contribution in [0.25, 0.3) is 0 Å². The molecule has 2 amide bonds. The number of amides is 2. The molecule has 22 heavy (non-hydrogen) atoms. The third-order valence-corrected chi connectivity index (χ3v) is 3.13. The number of hydrogen-bond acceptors (Lipinski definition) is 5. The van der Waals surface area contributed by atoms with Gasteiger partial charge in [0.25, 0.3) is 0 Å². The first-order chi connectivity index (χ1) is 10.2. The second-order valence-corrected chi connectivity index (χ2v) is 6.09. The van der Waals surface area contributed by atoms with E-state index in [1.165, 1.54) is 4.90 Å². The molecule has 1 aliphatic heterocycles. The first kappa shape index (κ1) is 16.1. The van der Waals surface area contributed by atoms with E-state index < -0.39 is 23.6 Å². The molecule has 4 N–H and O–H groups in total. The Morgan fingerprint density at radius 3 is 2.64 bits per heavy atom. The van der Waals surface area contributed by atoms with Crippen LogP contribution in [0.3, 0.4) is 0 Å². The van der Waals surface area contributed by atoms with Crippen molar-refractivity contribution in [3.63, 3.8) is 0 Å². The second kappa shape index (κ2) is 5.84. The lowest BCUT2D eigenvalue weighted by Crippen LogP contribution is -2.41. The molecule has 0 bridgehead atoms. The number of primary amides is 1. The van der Waals surface area contributed by atoms with Crippen LogP contribution in [-0.4, -0.2) is 30.8 Å². The van der Waals surface area contributed by atoms with Crippen molar-refractivity contribution in [3.8, 4) is 5.75 Å². The van der Waals surface area contributed by atoms with Crippen molar-refractivity contribution in [2.75, 3.05) is 18.1 Å². The van der Waals surface area contributed by atoms with Gasteiger partial charge in [-0.1, -0.05) is 6.07 Å². The van der Waals surface area contributed by atoms with Crippen molar-refractivity contribution >= 4 is 17.7 Å². The van der Waals surface area contributed by atoms with Crippen molar-refractivity contribution in [3.05, 3.63) is 23.8 Å². The van der Waals surface area contributed by atoms with E-state index in [1.54, 1.807) is 39.0 Å². The van der Waals surface area contributed by atoms with Crippen molar-refractivity contribution in [2.45, 2.75) is 32.4 Å². The summed E-state index contributed by atoms with van der Waals surface area (Å²) in [7, 11) is 0. The average Bonchev–Trinajstić information content (AvgIpc) is 2.43. The fourth-order valence-electron chi connectivity index (χ4n) is 2.10. The number of fused-ring (bicyclic) bond motifs is 1. The van der Waals surface area contributed by atoms with E-state index in [1.807, 2.05) is 0 Å². The van der Waals surface area contributed by atoms with Crippen LogP contribution in [0.4, 0.5) is 10.5 Å². The van der Waals surface area contributed by atoms with Gasteiger partial charge in [0.15, 0.2) is 0 Å².